The molecule has 70 valence electrons. The summed E-state index contributed by atoms with van der Waals surface area (Å²) in [5, 5.41) is 0. The van der Waals surface area contributed by atoms with Crippen molar-refractivity contribution < 1.29 is 19.1 Å². The molecule has 0 bridgehead atoms. The van der Waals surface area contributed by atoms with Gasteiger partial charge in [-0.15, -0.1) is 0 Å². The number of ether oxygens (including phenoxy) is 2. The van der Waals surface area contributed by atoms with Crippen LogP contribution in [0.5, 0.6) is 0 Å². The third-order valence-electron chi connectivity index (χ3n) is 1.38. The predicted octanol–water partition coefficient (Wildman–Crippen LogP) is 0.317. The summed E-state index contributed by atoms with van der Waals surface area (Å²) in [7, 11) is 2.63. The van der Waals surface area contributed by atoms with E-state index in [1.807, 2.05) is 0 Å². The molecule has 1 aromatic heterocycles. The Labute approximate surface area is 81.2 Å². The van der Waals surface area contributed by atoms with Gasteiger partial charge in [-0.3, -0.25) is 0 Å². The van der Waals surface area contributed by atoms with Crippen LogP contribution in [-0.4, -0.2) is 40.7 Å². The third-order valence-corrected chi connectivity index (χ3v) is 3.57. The number of rotatable bonds is 2. The van der Waals surface area contributed by atoms with Gasteiger partial charge in [0.25, 0.3) is 0 Å². The number of esters is 2. The molecule has 0 atom stereocenters. The molecule has 4 nitrogen and oxygen atoms in total. The van der Waals surface area contributed by atoms with Crippen LogP contribution in [0.1, 0.15) is 18.5 Å². The van der Waals surface area contributed by atoms with Crippen LogP contribution in [0.4, 0.5) is 0 Å². The van der Waals surface area contributed by atoms with Gasteiger partial charge in [-0.05, 0) is 0 Å². The second-order valence-electron chi connectivity index (χ2n) is 2.15. The fraction of sp³-hybridized carbons (Fsp3) is 0.250. The summed E-state index contributed by atoms with van der Waals surface area (Å²) in [6.07, 6.45) is 0. The van der Waals surface area contributed by atoms with E-state index in [2.05, 4.69) is 9.47 Å². The van der Waals surface area contributed by atoms with Crippen molar-refractivity contribution in [2.75, 3.05) is 14.2 Å². The van der Waals surface area contributed by atoms with E-state index in [0.29, 0.717) is 8.87 Å². The van der Waals surface area contributed by atoms with Crippen LogP contribution in [0, 0.1) is 0 Å². The van der Waals surface area contributed by atoms with Crippen LogP contribution in [0.2, 0.25) is 0 Å². The van der Waals surface area contributed by atoms with Gasteiger partial charge in [0.2, 0.25) is 0 Å². The van der Waals surface area contributed by atoms with Crippen LogP contribution < -0.4 is 0 Å². The average Bonchev–Trinajstić information content (AvgIpc) is 2.64. The molecule has 0 aliphatic carbocycles. The molecular weight excluding hydrogens is 239 g/mol. The van der Waals surface area contributed by atoms with E-state index in [4.69, 9.17) is 0 Å². The summed E-state index contributed by atoms with van der Waals surface area (Å²) in [5.41, 5.74) is 0. The van der Waals surface area contributed by atoms with Gasteiger partial charge in [0, 0.05) is 0 Å². The van der Waals surface area contributed by atoms with E-state index < -0.39 is 0 Å². The van der Waals surface area contributed by atoms with E-state index in [0.717, 1.165) is 0 Å². The summed E-state index contributed by atoms with van der Waals surface area (Å²) < 4.78 is 10.1. The summed E-state index contributed by atoms with van der Waals surface area (Å²) in [4.78, 5) is 22.0. The molecule has 0 spiro atoms. The number of hydrogen-bond donors (Lipinski definition) is 0. The number of methoxy groups -OCH3 is 2. The normalized spacial score (nSPS) is 9.38. The van der Waals surface area contributed by atoms with E-state index in [-0.39, 0.29) is 26.4 Å². The Morgan fingerprint density at radius 3 is 1.77 bits per heavy atom. The van der Waals surface area contributed by atoms with Gasteiger partial charge < -0.3 is 0 Å². The molecule has 0 radical (unpaired) electrons. The first-order valence-corrected chi connectivity index (χ1v) is 5.16. The van der Waals surface area contributed by atoms with Crippen molar-refractivity contribution in [2.24, 2.45) is 0 Å². The molecule has 1 heterocycles. The van der Waals surface area contributed by atoms with Crippen molar-refractivity contribution in [1.82, 2.24) is 0 Å². The first kappa shape index (κ1) is 10.0. The molecule has 0 fully saturated rings. The molecule has 0 unspecified atom stereocenters. The molecule has 0 amide bonds. The standard InChI is InChI=1S/C8H8O4Se/c1-11-7(9)5-3-4-6(13-5)8(10)12-2/h3-4H,1-2H3. The van der Waals surface area contributed by atoms with Gasteiger partial charge in [0.1, 0.15) is 0 Å². The predicted molar refractivity (Wildman–Crippen MR) is 46.1 cm³/mol. The summed E-state index contributed by atoms with van der Waals surface area (Å²) in [5.74, 6) is -0.759. The van der Waals surface area contributed by atoms with Gasteiger partial charge in [-0.2, -0.15) is 0 Å². The van der Waals surface area contributed by atoms with Gasteiger partial charge in [0.15, 0.2) is 0 Å². The Kier molecular flexibility index (Phi) is 3.28. The number of hydrogen-bond acceptors (Lipinski definition) is 4. The SMILES string of the molecule is COC(=O)c1ccc(C(=O)OC)[se]1. The second kappa shape index (κ2) is 4.25. The molecule has 0 saturated heterocycles. The Hall–Kier alpha value is -1.06. The second-order valence-corrected chi connectivity index (χ2v) is 4.42. The van der Waals surface area contributed by atoms with Gasteiger partial charge >= 0.3 is 80.7 Å². The fourth-order valence-electron chi connectivity index (χ4n) is 0.758. The minimum absolute atomic E-state index is 0.278. The van der Waals surface area contributed by atoms with Crippen molar-refractivity contribution in [2.45, 2.75) is 0 Å². The van der Waals surface area contributed by atoms with Crippen molar-refractivity contribution in [1.29, 1.82) is 0 Å². The van der Waals surface area contributed by atoms with E-state index in [1.165, 1.54) is 14.2 Å². The van der Waals surface area contributed by atoms with E-state index in [9.17, 15) is 9.59 Å². The maximum absolute atomic E-state index is 11.0. The maximum atomic E-state index is 11.0. The molecule has 0 N–H and O–H groups in total. The molecular formula is C8H8O4Se. The first-order chi connectivity index (χ1) is 6.19. The quantitative estimate of drug-likeness (QED) is 0.557. The molecule has 1 aromatic rings. The number of carbonyl (C=O) groups is 2. The van der Waals surface area contributed by atoms with Crippen LogP contribution in [0.3, 0.4) is 0 Å². The van der Waals surface area contributed by atoms with Gasteiger partial charge in [-0.25, -0.2) is 0 Å². The van der Waals surface area contributed by atoms with Crippen LogP contribution >= 0.6 is 0 Å². The van der Waals surface area contributed by atoms with Gasteiger partial charge in [0.05, 0.1) is 0 Å². The first-order valence-electron chi connectivity index (χ1n) is 3.45. The van der Waals surface area contributed by atoms with Gasteiger partial charge in [-0.1, -0.05) is 0 Å². The zero-order valence-corrected chi connectivity index (χ0v) is 8.91. The third kappa shape index (κ3) is 2.20. The molecule has 13 heavy (non-hydrogen) atoms. The average molecular weight is 247 g/mol. The monoisotopic (exact) mass is 248 g/mol. The zero-order valence-electron chi connectivity index (χ0n) is 7.20. The van der Waals surface area contributed by atoms with Crippen LogP contribution in [-0.2, 0) is 9.47 Å². The molecule has 1 rings (SSSR count). The Bertz CT molecular complexity index is 298. The Morgan fingerprint density at radius 1 is 1.08 bits per heavy atom. The van der Waals surface area contributed by atoms with E-state index >= 15 is 0 Å². The molecule has 0 saturated carbocycles. The molecule has 0 aliphatic heterocycles. The van der Waals surface area contributed by atoms with Crippen molar-refractivity contribution in [3.05, 3.63) is 21.0 Å². The zero-order chi connectivity index (χ0) is 9.84. The molecule has 5 heteroatoms. The number of carbonyl (C=O) groups excluding carboxylic acids is 2. The van der Waals surface area contributed by atoms with Crippen molar-refractivity contribution >= 4 is 26.4 Å². The van der Waals surface area contributed by atoms with Crippen LogP contribution in [0.15, 0.2) is 12.1 Å². The summed E-state index contributed by atoms with van der Waals surface area (Å²) in [6, 6.07) is 3.19. The van der Waals surface area contributed by atoms with Crippen LogP contribution in [0.25, 0.3) is 0 Å². The topological polar surface area (TPSA) is 52.6 Å². The Balaban J connectivity index is 2.86. The summed E-state index contributed by atoms with van der Waals surface area (Å²) in [6.45, 7) is 0. The molecule has 0 aromatic carbocycles. The Morgan fingerprint density at radius 2 is 1.46 bits per heavy atom. The van der Waals surface area contributed by atoms with E-state index in [1.54, 1.807) is 12.1 Å². The van der Waals surface area contributed by atoms with Crippen molar-refractivity contribution in [3.8, 4) is 0 Å². The minimum atomic E-state index is -0.379. The summed E-state index contributed by atoms with van der Waals surface area (Å²) >= 11 is -0.278. The van der Waals surface area contributed by atoms with Crippen molar-refractivity contribution in [3.63, 3.8) is 0 Å². The molecule has 0 aliphatic rings. The fourth-order valence-corrected chi connectivity index (χ4v) is 2.53.